The summed E-state index contributed by atoms with van der Waals surface area (Å²) in [5.74, 6) is 0.765. The van der Waals surface area contributed by atoms with Crippen LogP contribution in [0.1, 0.15) is 36.0 Å². The predicted octanol–water partition coefficient (Wildman–Crippen LogP) is 1.09. The molecule has 102 valence electrons. The van der Waals surface area contributed by atoms with Gasteiger partial charge in [0.2, 0.25) is 5.89 Å². The number of aryl methyl sites for hydroxylation is 2. The van der Waals surface area contributed by atoms with Crippen molar-refractivity contribution < 1.29 is 12.8 Å². The lowest BCUT2D eigenvalue weighted by molar-refractivity contribution is 0.510. The van der Waals surface area contributed by atoms with Crippen molar-refractivity contribution in [2.45, 2.75) is 37.5 Å². The Morgan fingerprint density at radius 1 is 1.32 bits per heavy atom. The number of nitrogens with zero attached hydrogens (tertiary/aromatic N) is 3. The van der Waals surface area contributed by atoms with Gasteiger partial charge in [-0.05, 0) is 26.7 Å². The van der Waals surface area contributed by atoms with E-state index in [1.54, 1.807) is 13.8 Å². The first kappa shape index (κ1) is 12.2. The van der Waals surface area contributed by atoms with Gasteiger partial charge in [0.15, 0.2) is 0 Å². The van der Waals surface area contributed by atoms with Crippen LogP contribution in [0.5, 0.6) is 0 Å². The maximum absolute atomic E-state index is 12.2. The molecule has 0 bridgehead atoms. The molecule has 1 aliphatic rings. The minimum absolute atomic E-state index is 0.109. The van der Waals surface area contributed by atoms with Crippen LogP contribution in [0.3, 0.4) is 0 Å². The van der Waals surface area contributed by atoms with Crippen LogP contribution in [-0.4, -0.2) is 28.8 Å². The molecule has 0 radical (unpaired) electrons. The number of H-pyrrole nitrogens is 1. The number of hydrogen-bond acceptors (Lipinski definition) is 6. The van der Waals surface area contributed by atoms with Crippen molar-refractivity contribution in [2.75, 3.05) is 4.72 Å². The molecule has 0 amide bonds. The maximum Gasteiger partial charge on any atom is 0.329 e. The average molecular weight is 283 g/mol. The zero-order valence-corrected chi connectivity index (χ0v) is 11.3. The van der Waals surface area contributed by atoms with Crippen LogP contribution in [0.15, 0.2) is 9.31 Å². The third kappa shape index (κ3) is 2.21. The summed E-state index contributed by atoms with van der Waals surface area (Å²) in [7, 11) is -3.76. The lowest BCUT2D eigenvalue weighted by Gasteiger charge is -2.03. The summed E-state index contributed by atoms with van der Waals surface area (Å²) in [4.78, 5) is 0.110. The second-order valence-corrected chi connectivity index (χ2v) is 6.21. The maximum atomic E-state index is 12.2. The van der Waals surface area contributed by atoms with E-state index in [1.165, 1.54) is 0 Å². The Hall–Kier alpha value is -1.90. The lowest BCUT2D eigenvalue weighted by Crippen LogP contribution is -2.14. The molecule has 0 atom stereocenters. The fraction of sp³-hybridized carbons (Fsp3) is 0.500. The summed E-state index contributed by atoms with van der Waals surface area (Å²) in [5, 5.41) is 14.0. The molecule has 2 aromatic rings. The fourth-order valence-corrected chi connectivity index (χ4v) is 3.17. The largest absolute Gasteiger partial charge is 0.407 e. The van der Waals surface area contributed by atoms with Gasteiger partial charge in [0.25, 0.3) is 10.0 Å². The van der Waals surface area contributed by atoms with E-state index in [-0.39, 0.29) is 16.8 Å². The molecule has 1 aliphatic carbocycles. The number of anilines is 1. The van der Waals surface area contributed by atoms with Crippen LogP contribution in [0.2, 0.25) is 0 Å². The van der Waals surface area contributed by atoms with E-state index in [9.17, 15) is 8.42 Å². The van der Waals surface area contributed by atoms with Gasteiger partial charge in [-0.15, -0.1) is 5.10 Å². The summed E-state index contributed by atoms with van der Waals surface area (Å²) in [6.45, 7) is 3.25. The molecule has 8 nitrogen and oxygen atoms in total. The quantitative estimate of drug-likeness (QED) is 0.868. The molecule has 3 rings (SSSR count). The molecule has 1 fully saturated rings. The first-order valence-electron chi connectivity index (χ1n) is 5.85. The molecule has 2 N–H and O–H groups in total. The van der Waals surface area contributed by atoms with Crippen LogP contribution < -0.4 is 4.72 Å². The van der Waals surface area contributed by atoms with Gasteiger partial charge in [0.05, 0.1) is 11.4 Å². The Balaban J connectivity index is 1.88. The molecule has 9 heteroatoms. The molecular formula is C10H13N5O3S. The van der Waals surface area contributed by atoms with E-state index in [4.69, 9.17) is 4.42 Å². The predicted molar refractivity (Wildman–Crippen MR) is 65.1 cm³/mol. The standard InChI is InChI=1S/C10H13N5O3S/c1-5-8(6(2)12-11-5)19(16,17)15-10-14-13-9(18-10)7-3-4-7/h7H,3-4H2,1-2H3,(H,11,12)(H,14,15). The zero-order chi connectivity index (χ0) is 13.6. The van der Waals surface area contributed by atoms with Gasteiger partial charge in [-0.3, -0.25) is 5.10 Å². The highest BCUT2D eigenvalue weighted by Crippen LogP contribution is 2.39. The highest BCUT2D eigenvalue weighted by Gasteiger charge is 2.30. The Morgan fingerprint density at radius 3 is 2.63 bits per heavy atom. The molecular weight excluding hydrogens is 270 g/mol. The highest BCUT2D eigenvalue weighted by atomic mass is 32.2. The summed E-state index contributed by atoms with van der Waals surface area (Å²) >= 11 is 0. The molecule has 0 aliphatic heterocycles. The van der Waals surface area contributed by atoms with Gasteiger partial charge >= 0.3 is 6.01 Å². The van der Waals surface area contributed by atoms with Crippen LogP contribution in [0.4, 0.5) is 6.01 Å². The summed E-state index contributed by atoms with van der Waals surface area (Å²) in [6.07, 6.45) is 2.02. The molecule has 19 heavy (non-hydrogen) atoms. The Morgan fingerprint density at radius 2 is 2.05 bits per heavy atom. The Kier molecular flexibility index (Phi) is 2.59. The number of nitrogens with one attached hydrogen (secondary N) is 2. The smallest absolute Gasteiger partial charge is 0.329 e. The molecule has 2 heterocycles. The summed E-state index contributed by atoms with van der Waals surface area (Å²) < 4.78 is 32.0. The van der Waals surface area contributed by atoms with Gasteiger partial charge in [-0.25, -0.2) is 13.1 Å². The van der Waals surface area contributed by atoms with Crippen LogP contribution >= 0.6 is 0 Å². The third-order valence-electron chi connectivity index (χ3n) is 2.92. The first-order chi connectivity index (χ1) is 8.97. The molecule has 0 spiro atoms. The van der Waals surface area contributed by atoms with Crippen molar-refractivity contribution in [1.29, 1.82) is 0 Å². The van der Waals surface area contributed by atoms with Gasteiger partial charge in [0, 0.05) is 5.92 Å². The number of hydrogen-bond donors (Lipinski definition) is 2. The third-order valence-corrected chi connectivity index (χ3v) is 4.50. The minimum atomic E-state index is -3.76. The van der Waals surface area contributed by atoms with Crippen molar-refractivity contribution in [3.8, 4) is 0 Å². The number of aromatic nitrogens is 4. The van der Waals surface area contributed by atoms with Crippen LogP contribution in [-0.2, 0) is 10.0 Å². The van der Waals surface area contributed by atoms with Crippen molar-refractivity contribution >= 4 is 16.0 Å². The molecule has 0 aromatic carbocycles. The van der Waals surface area contributed by atoms with Crippen LogP contribution in [0, 0.1) is 13.8 Å². The topological polar surface area (TPSA) is 114 Å². The van der Waals surface area contributed by atoms with E-state index >= 15 is 0 Å². The first-order valence-corrected chi connectivity index (χ1v) is 7.33. The summed E-state index contributed by atoms with van der Waals surface area (Å²) in [6, 6.07) is -0.109. The lowest BCUT2D eigenvalue weighted by atomic mass is 10.4. The number of sulfonamides is 1. The molecule has 1 saturated carbocycles. The monoisotopic (exact) mass is 283 g/mol. The summed E-state index contributed by atoms with van der Waals surface area (Å²) in [5.41, 5.74) is 0.860. The van der Waals surface area contributed by atoms with Gasteiger partial charge in [0.1, 0.15) is 4.90 Å². The van der Waals surface area contributed by atoms with Gasteiger partial charge in [-0.2, -0.15) is 5.10 Å². The van der Waals surface area contributed by atoms with E-state index in [2.05, 4.69) is 25.1 Å². The molecule has 0 saturated heterocycles. The normalized spacial score (nSPS) is 15.7. The second-order valence-electron chi connectivity index (χ2n) is 4.59. The zero-order valence-electron chi connectivity index (χ0n) is 10.5. The Bertz CT molecular complexity index is 694. The van der Waals surface area contributed by atoms with Gasteiger partial charge < -0.3 is 4.42 Å². The number of aromatic amines is 1. The SMILES string of the molecule is Cc1n[nH]c(C)c1S(=O)(=O)Nc1nnc(C2CC2)o1. The Labute approximate surface area is 109 Å². The van der Waals surface area contributed by atoms with E-state index in [0.717, 1.165) is 12.8 Å². The van der Waals surface area contributed by atoms with Crippen molar-refractivity contribution in [2.24, 2.45) is 0 Å². The van der Waals surface area contributed by atoms with Gasteiger partial charge in [-0.1, -0.05) is 5.10 Å². The highest BCUT2D eigenvalue weighted by molar-refractivity contribution is 7.92. The second kappa shape index (κ2) is 4.05. The van der Waals surface area contributed by atoms with E-state index in [0.29, 0.717) is 17.3 Å². The van der Waals surface area contributed by atoms with Crippen LogP contribution in [0.25, 0.3) is 0 Å². The van der Waals surface area contributed by atoms with Crippen molar-refractivity contribution in [3.05, 3.63) is 17.3 Å². The molecule has 2 aromatic heterocycles. The fourth-order valence-electron chi connectivity index (χ4n) is 1.87. The van der Waals surface area contributed by atoms with Crippen molar-refractivity contribution in [1.82, 2.24) is 20.4 Å². The molecule has 0 unspecified atom stereocenters. The van der Waals surface area contributed by atoms with E-state index < -0.39 is 10.0 Å². The minimum Gasteiger partial charge on any atom is -0.407 e. The average Bonchev–Trinajstić information content (AvgIpc) is 2.98. The van der Waals surface area contributed by atoms with Crippen molar-refractivity contribution in [3.63, 3.8) is 0 Å². The number of rotatable bonds is 4. The van der Waals surface area contributed by atoms with E-state index in [1.807, 2.05) is 0 Å².